The molecule has 0 aliphatic carbocycles. The molecule has 3 rings (SSSR count). The van der Waals surface area contributed by atoms with Crippen LogP contribution >= 0.6 is 11.6 Å². The van der Waals surface area contributed by atoms with Gasteiger partial charge in [0.15, 0.2) is 5.75 Å². The Kier molecular flexibility index (Phi) is 4.17. The lowest BCUT2D eigenvalue weighted by Gasteiger charge is -2.09. The van der Waals surface area contributed by atoms with Crippen LogP contribution in [0.1, 0.15) is 21.6 Å². The van der Waals surface area contributed by atoms with Gasteiger partial charge in [0.25, 0.3) is 5.91 Å². The van der Waals surface area contributed by atoms with Crippen LogP contribution in [0.4, 0.5) is 0 Å². The summed E-state index contributed by atoms with van der Waals surface area (Å²) in [4.78, 5) is 16.6. The van der Waals surface area contributed by atoms with E-state index in [9.17, 15) is 9.90 Å². The first-order valence-electron chi connectivity index (χ1n) is 7.16. The van der Waals surface area contributed by atoms with E-state index < -0.39 is 0 Å². The molecule has 0 bridgehead atoms. The average molecular weight is 327 g/mol. The molecular weight excluding hydrogens is 312 g/mol. The van der Waals surface area contributed by atoms with E-state index in [-0.39, 0.29) is 17.2 Å². The molecular formula is C18H15ClN2O2. The zero-order valence-corrected chi connectivity index (χ0v) is 13.3. The minimum absolute atomic E-state index is 0.0974. The minimum Gasteiger partial charge on any atom is -0.505 e. The number of aromatic nitrogens is 1. The van der Waals surface area contributed by atoms with Gasteiger partial charge in [-0.05, 0) is 36.8 Å². The lowest BCUT2D eigenvalue weighted by molar-refractivity contribution is 0.0948. The van der Waals surface area contributed by atoms with Crippen molar-refractivity contribution in [3.05, 3.63) is 70.4 Å². The fraction of sp³-hybridized carbons (Fsp3) is 0.111. The number of rotatable bonds is 3. The molecule has 1 amide bonds. The first-order chi connectivity index (χ1) is 11.0. The molecule has 0 saturated carbocycles. The number of carbonyl (C=O) groups excluding carboxylic acids is 1. The standard InChI is InChI=1S/C18H15ClN2O2/c1-11-2-5-13-6-9-15(17(22)16(13)21-11)18(23)20-10-12-3-7-14(19)8-4-12/h2-9,22H,10H2,1H3,(H,20,23). The van der Waals surface area contributed by atoms with Crippen LogP contribution in [0.25, 0.3) is 10.9 Å². The third-order valence-corrected chi connectivity index (χ3v) is 3.84. The second-order valence-electron chi connectivity index (χ2n) is 5.30. The van der Waals surface area contributed by atoms with Crippen LogP contribution in [0, 0.1) is 6.92 Å². The van der Waals surface area contributed by atoms with E-state index in [1.165, 1.54) is 0 Å². The van der Waals surface area contributed by atoms with Gasteiger partial charge in [-0.15, -0.1) is 0 Å². The fourth-order valence-electron chi connectivity index (χ4n) is 2.33. The maximum Gasteiger partial charge on any atom is 0.255 e. The van der Waals surface area contributed by atoms with Gasteiger partial charge in [0.2, 0.25) is 0 Å². The first kappa shape index (κ1) is 15.3. The van der Waals surface area contributed by atoms with Crippen molar-refractivity contribution in [3.8, 4) is 5.75 Å². The van der Waals surface area contributed by atoms with Crippen molar-refractivity contribution in [1.82, 2.24) is 10.3 Å². The Morgan fingerprint density at radius 1 is 1.13 bits per heavy atom. The number of hydrogen-bond donors (Lipinski definition) is 2. The number of nitrogens with zero attached hydrogens (tertiary/aromatic N) is 1. The Hall–Kier alpha value is -2.59. The summed E-state index contributed by atoms with van der Waals surface area (Å²) in [6.45, 7) is 2.20. The molecule has 1 heterocycles. The van der Waals surface area contributed by atoms with E-state index in [4.69, 9.17) is 11.6 Å². The maximum atomic E-state index is 12.3. The third-order valence-electron chi connectivity index (χ3n) is 3.59. The molecule has 0 aliphatic heterocycles. The monoisotopic (exact) mass is 326 g/mol. The van der Waals surface area contributed by atoms with Gasteiger partial charge < -0.3 is 10.4 Å². The molecule has 0 aliphatic rings. The highest BCUT2D eigenvalue weighted by Gasteiger charge is 2.14. The van der Waals surface area contributed by atoms with E-state index in [0.717, 1.165) is 16.6 Å². The predicted molar refractivity (Wildman–Crippen MR) is 90.8 cm³/mol. The van der Waals surface area contributed by atoms with Crippen molar-refractivity contribution in [1.29, 1.82) is 0 Å². The number of phenols is 1. The molecule has 0 spiro atoms. The van der Waals surface area contributed by atoms with Crippen LogP contribution < -0.4 is 5.32 Å². The highest BCUT2D eigenvalue weighted by Crippen LogP contribution is 2.27. The van der Waals surface area contributed by atoms with Crippen molar-refractivity contribution in [2.45, 2.75) is 13.5 Å². The van der Waals surface area contributed by atoms with Crippen molar-refractivity contribution < 1.29 is 9.90 Å². The maximum absolute atomic E-state index is 12.3. The van der Waals surface area contributed by atoms with Gasteiger partial charge in [-0.2, -0.15) is 0 Å². The van der Waals surface area contributed by atoms with Crippen LogP contribution in [-0.4, -0.2) is 16.0 Å². The Labute approximate surface area is 138 Å². The van der Waals surface area contributed by atoms with Crippen molar-refractivity contribution >= 4 is 28.4 Å². The lowest BCUT2D eigenvalue weighted by Crippen LogP contribution is -2.22. The van der Waals surface area contributed by atoms with Gasteiger partial charge >= 0.3 is 0 Å². The van der Waals surface area contributed by atoms with Crippen LogP contribution in [0.3, 0.4) is 0 Å². The lowest BCUT2D eigenvalue weighted by atomic mass is 10.1. The second kappa shape index (κ2) is 6.26. The molecule has 116 valence electrons. The molecule has 0 fully saturated rings. The molecule has 0 saturated heterocycles. The van der Waals surface area contributed by atoms with Gasteiger partial charge in [0.05, 0.1) is 5.56 Å². The normalized spacial score (nSPS) is 10.7. The number of fused-ring (bicyclic) bond motifs is 1. The zero-order valence-electron chi connectivity index (χ0n) is 12.5. The molecule has 0 radical (unpaired) electrons. The highest BCUT2D eigenvalue weighted by atomic mass is 35.5. The number of halogens is 1. The fourth-order valence-corrected chi connectivity index (χ4v) is 2.46. The van der Waals surface area contributed by atoms with Crippen molar-refractivity contribution in [2.24, 2.45) is 0 Å². The summed E-state index contributed by atoms with van der Waals surface area (Å²) < 4.78 is 0. The van der Waals surface area contributed by atoms with E-state index >= 15 is 0 Å². The highest BCUT2D eigenvalue weighted by molar-refractivity contribution is 6.30. The number of amides is 1. The Morgan fingerprint density at radius 3 is 2.57 bits per heavy atom. The van der Waals surface area contributed by atoms with E-state index in [1.807, 2.05) is 31.2 Å². The van der Waals surface area contributed by atoms with Gasteiger partial charge in [0, 0.05) is 22.6 Å². The summed E-state index contributed by atoms with van der Waals surface area (Å²) in [5.41, 5.74) is 2.36. The molecule has 2 aromatic carbocycles. The van der Waals surface area contributed by atoms with E-state index in [2.05, 4.69) is 10.3 Å². The number of aromatic hydroxyl groups is 1. The molecule has 2 N–H and O–H groups in total. The summed E-state index contributed by atoms with van der Waals surface area (Å²) >= 11 is 5.83. The number of hydrogen-bond acceptors (Lipinski definition) is 3. The molecule has 1 aromatic heterocycles. The van der Waals surface area contributed by atoms with Crippen molar-refractivity contribution in [2.75, 3.05) is 0 Å². The molecule has 0 unspecified atom stereocenters. The number of aryl methyl sites for hydroxylation is 1. The van der Waals surface area contributed by atoms with E-state index in [1.54, 1.807) is 24.3 Å². The van der Waals surface area contributed by atoms with Gasteiger partial charge in [-0.3, -0.25) is 4.79 Å². The molecule has 5 heteroatoms. The number of benzene rings is 2. The Morgan fingerprint density at radius 2 is 1.83 bits per heavy atom. The summed E-state index contributed by atoms with van der Waals surface area (Å²) in [5, 5.41) is 14.6. The quantitative estimate of drug-likeness (QED) is 0.769. The molecule has 0 atom stereocenters. The molecule has 4 nitrogen and oxygen atoms in total. The molecule has 3 aromatic rings. The Balaban J connectivity index is 1.83. The minimum atomic E-state index is -0.345. The Bertz CT molecular complexity index is 876. The van der Waals surface area contributed by atoms with Gasteiger partial charge in [-0.1, -0.05) is 35.9 Å². The number of phenolic OH excluding ortho intramolecular Hbond substituents is 1. The number of pyridine rings is 1. The molecule has 23 heavy (non-hydrogen) atoms. The topological polar surface area (TPSA) is 62.2 Å². The van der Waals surface area contributed by atoms with Crippen LogP contribution in [-0.2, 0) is 6.54 Å². The summed E-state index contributed by atoms with van der Waals surface area (Å²) in [6.07, 6.45) is 0. The third kappa shape index (κ3) is 3.27. The average Bonchev–Trinajstić information content (AvgIpc) is 2.55. The van der Waals surface area contributed by atoms with E-state index in [0.29, 0.717) is 17.1 Å². The summed E-state index contributed by atoms with van der Waals surface area (Å²) in [6, 6.07) is 14.3. The number of nitrogens with one attached hydrogen (secondary N) is 1. The second-order valence-corrected chi connectivity index (χ2v) is 5.73. The predicted octanol–water partition coefficient (Wildman–Crippen LogP) is 3.83. The van der Waals surface area contributed by atoms with Crippen LogP contribution in [0.5, 0.6) is 5.75 Å². The summed E-state index contributed by atoms with van der Waals surface area (Å²) in [5.74, 6) is -0.442. The van der Waals surface area contributed by atoms with Crippen molar-refractivity contribution in [3.63, 3.8) is 0 Å². The van der Waals surface area contributed by atoms with Gasteiger partial charge in [-0.25, -0.2) is 4.98 Å². The smallest absolute Gasteiger partial charge is 0.255 e. The SMILES string of the molecule is Cc1ccc2ccc(C(=O)NCc3ccc(Cl)cc3)c(O)c2n1. The van der Waals surface area contributed by atoms with Crippen LogP contribution in [0.15, 0.2) is 48.5 Å². The number of carbonyl (C=O) groups is 1. The zero-order chi connectivity index (χ0) is 16.4. The first-order valence-corrected chi connectivity index (χ1v) is 7.54. The van der Waals surface area contributed by atoms with Gasteiger partial charge in [0.1, 0.15) is 5.52 Å². The van der Waals surface area contributed by atoms with Crippen LogP contribution in [0.2, 0.25) is 5.02 Å². The summed E-state index contributed by atoms with van der Waals surface area (Å²) in [7, 11) is 0. The largest absolute Gasteiger partial charge is 0.505 e.